The summed E-state index contributed by atoms with van der Waals surface area (Å²) in [4.78, 5) is 11.2. The summed E-state index contributed by atoms with van der Waals surface area (Å²) in [5.41, 5.74) is 0.161. The van der Waals surface area contributed by atoms with Crippen molar-refractivity contribution in [2.24, 2.45) is 0 Å². The third-order valence-electron chi connectivity index (χ3n) is 3.76. The largest absolute Gasteiger partial charge is 0.478 e. The van der Waals surface area contributed by atoms with Crippen molar-refractivity contribution in [1.29, 1.82) is 5.26 Å². The Labute approximate surface area is 150 Å². The lowest BCUT2D eigenvalue weighted by Gasteiger charge is -2.28. The lowest BCUT2D eigenvalue weighted by Crippen LogP contribution is -2.40. The molecule has 132 valence electrons. The molecule has 1 aliphatic heterocycles. The molecule has 1 atom stereocenters. The van der Waals surface area contributed by atoms with Crippen LogP contribution in [0.15, 0.2) is 42.0 Å². The highest BCUT2D eigenvalue weighted by Gasteiger charge is 2.48. The number of carbonyl (C=O) groups is 1. The Bertz CT molecular complexity index is 977. The van der Waals surface area contributed by atoms with Gasteiger partial charge in [0.2, 0.25) is 6.10 Å². The van der Waals surface area contributed by atoms with Gasteiger partial charge in [-0.05, 0) is 35.9 Å². The van der Waals surface area contributed by atoms with Crippen LogP contribution in [0.1, 0.15) is 11.1 Å². The summed E-state index contributed by atoms with van der Waals surface area (Å²) in [6.45, 7) is 0. The fourth-order valence-corrected chi connectivity index (χ4v) is 2.89. The monoisotopic (exact) mass is 379 g/mol. The Morgan fingerprint density at radius 2 is 2.00 bits per heavy atom. The third-order valence-corrected chi connectivity index (χ3v) is 3.98. The van der Waals surface area contributed by atoms with Crippen molar-refractivity contribution < 1.29 is 27.8 Å². The molecule has 0 radical (unpaired) electrons. The van der Waals surface area contributed by atoms with E-state index in [-0.39, 0.29) is 21.9 Å². The standard InChI is InChI=1S/C18H9ClF3NO3/c19-12-5-11-6-14(17(24)25)16(18(20,21)22)26-15(11)13(7-12)10-3-1-2-9(4-10)8-23/h1-7,16H,(H,24,25). The molecular weight excluding hydrogens is 371 g/mol. The van der Waals surface area contributed by atoms with Crippen LogP contribution in [0.5, 0.6) is 5.75 Å². The molecule has 1 N–H and O–H groups in total. The summed E-state index contributed by atoms with van der Waals surface area (Å²) in [7, 11) is 0. The summed E-state index contributed by atoms with van der Waals surface area (Å²) in [5, 5.41) is 18.3. The minimum absolute atomic E-state index is 0.118. The van der Waals surface area contributed by atoms with Gasteiger partial charge in [-0.1, -0.05) is 23.7 Å². The fourth-order valence-electron chi connectivity index (χ4n) is 2.67. The average Bonchev–Trinajstić information content (AvgIpc) is 2.59. The van der Waals surface area contributed by atoms with Crippen LogP contribution >= 0.6 is 11.6 Å². The average molecular weight is 380 g/mol. The summed E-state index contributed by atoms with van der Waals surface area (Å²) in [6.07, 6.45) is -6.61. The predicted octanol–water partition coefficient (Wildman–Crippen LogP) is 4.67. The topological polar surface area (TPSA) is 70.3 Å². The lowest BCUT2D eigenvalue weighted by molar-refractivity contribution is -0.187. The van der Waals surface area contributed by atoms with Crippen LogP contribution in [0.3, 0.4) is 0 Å². The Morgan fingerprint density at radius 3 is 2.62 bits per heavy atom. The van der Waals surface area contributed by atoms with Gasteiger partial charge in [-0.2, -0.15) is 18.4 Å². The van der Waals surface area contributed by atoms with Gasteiger partial charge in [-0.3, -0.25) is 0 Å². The molecule has 1 unspecified atom stereocenters. The first-order valence-electron chi connectivity index (χ1n) is 7.23. The maximum absolute atomic E-state index is 13.3. The van der Waals surface area contributed by atoms with Crippen LogP contribution < -0.4 is 4.74 Å². The zero-order valence-electron chi connectivity index (χ0n) is 12.8. The number of hydrogen-bond acceptors (Lipinski definition) is 3. The van der Waals surface area contributed by atoms with E-state index in [1.54, 1.807) is 18.2 Å². The molecule has 0 aliphatic carbocycles. The first-order chi connectivity index (χ1) is 12.2. The number of aliphatic carboxylic acids is 1. The number of ether oxygens (including phenoxy) is 1. The molecule has 0 saturated heterocycles. The van der Waals surface area contributed by atoms with Crippen LogP contribution in [0.2, 0.25) is 5.02 Å². The van der Waals surface area contributed by atoms with Gasteiger partial charge in [0.15, 0.2) is 0 Å². The number of nitriles is 1. The molecule has 0 bridgehead atoms. The van der Waals surface area contributed by atoms with Crippen molar-refractivity contribution in [3.63, 3.8) is 0 Å². The predicted molar refractivity (Wildman–Crippen MR) is 87.7 cm³/mol. The van der Waals surface area contributed by atoms with Crippen LogP contribution in [-0.4, -0.2) is 23.4 Å². The van der Waals surface area contributed by atoms with E-state index in [2.05, 4.69) is 0 Å². The molecular formula is C18H9ClF3NO3. The number of carboxylic acids is 1. The molecule has 2 aromatic carbocycles. The molecule has 1 aliphatic rings. The van der Waals surface area contributed by atoms with Gasteiger partial charge in [0.1, 0.15) is 5.75 Å². The zero-order valence-corrected chi connectivity index (χ0v) is 13.6. The highest BCUT2D eigenvalue weighted by molar-refractivity contribution is 6.31. The fraction of sp³-hybridized carbons (Fsp3) is 0.111. The summed E-state index contributed by atoms with van der Waals surface area (Å²) in [5.74, 6) is -1.87. The second kappa shape index (κ2) is 6.39. The second-order valence-corrected chi connectivity index (χ2v) is 5.95. The van der Waals surface area contributed by atoms with Crippen molar-refractivity contribution in [3.8, 4) is 22.9 Å². The summed E-state index contributed by atoms with van der Waals surface area (Å²) < 4.78 is 44.9. The highest BCUT2D eigenvalue weighted by atomic mass is 35.5. The van der Waals surface area contributed by atoms with E-state index in [0.29, 0.717) is 11.1 Å². The molecule has 2 aromatic rings. The second-order valence-electron chi connectivity index (χ2n) is 5.51. The number of benzene rings is 2. The molecule has 0 fully saturated rings. The normalized spacial score (nSPS) is 16.1. The van der Waals surface area contributed by atoms with Crippen LogP contribution in [0.25, 0.3) is 17.2 Å². The lowest BCUT2D eigenvalue weighted by atomic mass is 9.95. The van der Waals surface area contributed by atoms with E-state index in [9.17, 15) is 18.0 Å². The molecule has 26 heavy (non-hydrogen) atoms. The Balaban J connectivity index is 2.24. The molecule has 0 amide bonds. The van der Waals surface area contributed by atoms with Gasteiger partial charge in [0.25, 0.3) is 0 Å². The van der Waals surface area contributed by atoms with E-state index in [0.717, 1.165) is 6.08 Å². The number of nitrogens with zero attached hydrogens (tertiary/aromatic N) is 1. The summed E-state index contributed by atoms with van der Waals surface area (Å²) >= 11 is 6.04. The first-order valence-corrected chi connectivity index (χ1v) is 7.61. The SMILES string of the molecule is N#Cc1cccc(-c2cc(Cl)cc3c2OC(C(F)(F)F)C(C(=O)O)=C3)c1. The van der Waals surface area contributed by atoms with E-state index in [4.69, 9.17) is 26.7 Å². The zero-order chi connectivity index (χ0) is 19.1. The van der Waals surface area contributed by atoms with Crippen molar-refractivity contribution in [2.45, 2.75) is 12.3 Å². The number of rotatable bonds is 2. The Kier molecular flexibility index (Phi) is 4.38. The van der Waals surface area contributed by atoms with Gasteiger partial charge in [-0.25, -0.2) is 4.79 Å². The minimum Gasteiger partial charge on any atom is -0.478 e. The van der Waals surface area contributed by atoms with E-state index < -0.39 is 23.8 Å². The maximum Gasteiger partial charge on any atom is 0.430 e. The molecule has 3 rings (SSSR count). The van der Waals surface area contributed by atoms with Gasteiger partial charge in [0, 0.05) is 16.1 Å². The van der Waals surface area contributed by atoms with Crippen molar-refractivity contribution in [3.05, 3.63) is 58.1 Å². The van der Waals surface area contributed by atoms with E-state index in [1.807, 2.05) is 6.07 Å². The molecule has 1 heterocycles. The molecule has 8 heteroatoms. The first kappa shape index (κ1) is 17.8. The van der Waals surface area contributed by atoms with Gasteiger partial charge < -0.3 is 9.84 Å². The smallest absolute Gasteiger partial charge is 0.430 e. The molecule has 0 spiro atoms. The molecule has 4 nitrogen and oxygen atoms in total. The van der Waals surface area contributed by atoms with E-state index in [1.165, 1.54) is 18.2 Å². The number of alkyl halides is 3. The van der Waals surface area contributed by atoms with Gasteiger partial charge in [-0.15, -0.1) is 0 Å². The number of carboxylic acid groups (broad SMARTS) is 1. The van der Waals surface area contributed by atoms with E-state index >= 15 is 0 Å². The Hall–Kier alpha value is -2.98. The maximum atomic E-state index is 13.3. The number of fused-ring (bicyclic) bond motifs is 1. The Morgan fingerprint density at radius 1 is 1.27 bits per heavy atom. The minimum atomic E-state index is -4.91. The van der Waals surface area contributed by atoms with Crippen molar-refractivity contribution in [2.75, 3.05) is 0 Å². The number of halogens is 4. The van der Waals surface area contributed by atoms with Crippen LogP contribution in [0.4, 0.5) is 13.2 Å². The number of hydrogen-bond donors (Lipinski definition) is 1. The van der Waals surface area contributed by atoms with Crippen LogP contribution in [0, 0.1) is 11.3 Å². The van der Waals surface area contributed by atoms with Gasteiger partial charge >= 0.3 is 12.1 Å². The summed E-state index contributed by atoms with van der Waals surface area (Å²) in [6, 6.07) is 10.9. The third kappa shape index (κ3) is 3.24. The molecule has 0 aromatic heterocycles. The quantitative estimate of drug-likeness (QED) is 0.823. The van der Waals surface area contributed by atoms with Crippen LogP contribution in [-0.2, 0) is 4.79 Å². The molecule has 0 saturated carbocycles. The van der Waals surface area contributed by atoms with Crippen molar-refractivity contribution >= 4 is 23.6 Å². The van der Waals surface area contributed by atoms with Crippen molar-refractivity contribution in [1.82, 2.24) is 0 Å². The van der Waals surface area contributed by atoms with Gasteiger partial charge in [0.05, 0.1) is 17.2 Å². The highest BCUT2D eigenvalue weighted by Crippen LogP contribution is 2.44.